The standard InChI is InChI=1S/C27H20BrNO5/c1-29-26(33)15-8-7-14-16(21(15)27(29)34)10-17-23(20(31)11-18(28)25(17)32)24(14)22-13-5-3-2-4-12(13)6-9-19(22)30/h2-7,9,11,15-16,21,24,30H,8,10H2,1H3. The Kier molecular flexibility index (Phi) is 4.58. The molecule has 1 N–H and O–H groups in total. The van der Waals surface area contributed by atoms with Crippen molar-refractivity contribution in [3.63, 3.8) is 0 Å². The molecular weight excluding hydrogens is 498 g/mol. The first kappa shape index (κ1) is 21.2. The van der Waals surface area contributed by atoms with Crippen molar-refractivity contribution in [1.82, 2.24) is 4.90 Å². The fourth-order valence-corrected chi connectivity index (χ4v) is 6.73. The van der Waals surface area contributed by atoms with Crippen LogP contribution in [0.4, 0.5) is 0 Å². The normalized spacial score (nSPS) is 28.6. The third-order valence-electron chi connectivity index (χ3n) is 7.79. The van der Waals surface area contributed by atoms with Gasteiger partial charge in [-0.1, -0.05) is 42.0 Å². The van der Waals surface area contributed by atoms with Crippen LogP contribution in [0.5, 0.6) is 5.75 Å². The summed E-state index contributed by atoms with van der Waals surface area (Å²) >= 11 is 3.23. The maximum atomic E-state index is 13.3. The van der Waals surface area contributed by atoms with Crippen molar-refractivity contribution in [3.05, 3.63) is 75.3 Å². The first-order chi connectivity index (χ1) is 16.3. The Bertz CT molecular complexity index is 1450. The quantitative estimate of drug-likeness (QED) is 0.351. The SMILES string of the molecule is CN1C(=O)C2CC=C3C(c4c(O)ccc5ccccc45)C4=C(CC3C2C1=O)C(=O)C(Br)=CC4=O. The van der Waals surface area contributed by atoms with E-state index in [0.29, 0.717) is 23.1 Å². The minimum absolute atomic E-state index is 0.0269. The Labute approximate surface area is 203 Å². The van der Waals surface area contributed by atoms with Crippen LogP contribution in [0.25, 0.3) is 10.8 Å². The zero-order chi connectivity index (χ0) is 23.9. The summed E-state index contributed by atoms with van der Waals surface area (Å²) in [6.45, 7) is 0. The van der Waals surface area contributed by atoms with E-state index in [1.165, 1.54) is 18.0 Å². The zero-order valence-corrected chi connectivity index (χ0v) is 19.8. The van der Waals surface area contributed by atoms with Gasteiger partial charge in [0.25, 0.3) is 0 Å². The summed E-state index contributed by atoms with van der Waals surface area (Å²) in [5, 5.41) is 12.7. The highest BCUT2D eigenvalue weighted by atomic mass is 79.9. The number of carbonyl (C=O) groups excluding carboxylic acids is 4. The number of rotatable bonds is 1. The Balaban J connectivity index is 1.64. The van der Waals surface area contributed by atoms with Gasteiger partial charge >= 0.3 is 0 Å². The summed E-state index contributed by atoms with van der Waals surface area (Å²) in [6.07, 6.45) is 3.85. The van der Waals surface area contributed by atoms with Gasteiger partial charge in [-0.25, -0.2) is 0 Å². The van der Waals surface area contributed by atoms with E-state index in [4.69, 9.17) is 0 Å². The van der Waals surface area contributed by atoms with E-state index in [0.717, 1.165) is 16.3 Å². The van der Waals surface area contributed by atoms with Gasteiger partial charge < -0.3 is 5.11 Å². The van der Waals surface area contributed by atoms with Crippen LogP contribution in [0.2, 0.25) is 0 Å². The predicted octanol–water partition coefficient (Wildman–Crippen LogP) is 3.94. The maximum Gasteiger partial charge on any atom is 0.233 e. The number of imide groups is 1. The van der Waals surface area contributed by atoms with Crippen LogP contribution in [0.15, 0.2) is 69.8 Å². The average molecular weight is 518 g/mol. The lowest BCUT2D eigenvalue weighted by Crippen LogP contribution is -2.39. The molecule has 1 aliphatic heterocycles. The lowest BCUT2D eigenvalue weighted by Gasteiger charge is -2.42. The molecule has 6 nitrogen and oxygen atoms in total. The fourth-order valence-electron chi connectivity index (χ4n) is 6.28. The molecule has 34 heavy (non-hydrogen) atoms. The molecule has 2 aromatic carbocycles. The first-order valence-corrected chi connectivity index (χ1v) is 12.0. The van der Waals surface area contributed by atoms with Crippen LogP contribution < -0.4 is 0 Å². The minimum atomic E-state index is -0.678. The third-order valence-corrected chi connectivity index (χ3v) is 8.38. The highest BCUT2D eigenvalue weighted by molar-refractivity contribution is 9.12. The van der Waals surface area contributed by atoms with Crippen molar-refractivity contribution in [1.29, 1.82) is 0 Å². The van der Waals surface area contributed by atoms with Crippen LogP contribution in [0.1, 0.15) is 24.3 Å². The van der Waals surface area contributed by atoms with Crippen LogP contribution in [0.3, 0.4) is 0 Å². The number of ketones is 2. The van der Waals surface area contributed by atoms with Gasteiger partial charge in [-0.2, -0.15) is 0 Å². The van der Waals surface area contributed by atoms with Crippen molar-refractivity contribution in [2.75, 3.05) is 7.05 Å². The van der Waals surface area contributed by atoms with Crippen molar-refractivity contribution in [2.45, 2.75) is 18.8 Å². The number of nitrogens with zero attached hydrogens (tertiary/aromatic N) is 1. The number of amides is 2. The van der Waals surface area contributed by atoms with Gasteiger partial charge in [0.2, 0.25) is 11.8 Å². The number of phenolic OH excluding ortho intramolecular Hbond substituents is 1. The molecule has 4 aliphatic rings. The van der Waals surface area contributed by atoms with Gasteiger partial charge in [0, 0.05) is 35.8 Å². The number of aromatic hydroxyl groups is 1. The molecule has 1 saturated heterocycles. The molecule has 0 saturated carbocycles. The average Bonchev–Trinajstić information content (AvgIpc) is 3.05. The third kappa shape index (κ3) is 2.73. The minimum Gasteiger partial charge on any atom is -0.508 e. The molecule has 2 aromatic rings. The molecule has 2 amide bonds. The van der Waals surface area contributed by atoms with E-state index in [1.807, 2.05) is 36.4 Å². The molecule has 4 unspecified atom stereocenters. The van der Waals surface area contributed by atoms with E-state index in [1.54, 1.807) is 6.07 Å². The van der Waals surface area contributed by atoms with Gasteiger partial charge in [0.1, 0.15) is 5.75 Å². The number of allylic oxidation sites excluding steroid dienone is 6. The van der Waals surface area contributed by atoms with Crippen molar-refractivity contribution < 1.29 is 24.3 Å². The lowest BCUT2D eigenvalue weighted by atomic mass is 9.59. The molecule has 7 heteroatoms. The number of hydrogen-bond acceptors (Lipinski definition) is 5. The van der Waals surface area contributed by atoms with E-state index < -0.39 is 23.7 Å². The number of carbonyl (C=O) groups is 4. The van der Waals surface area contributed by atoms with Crippen LogP contribution >= 0.6 is 15.9 Å². The van der Waals surface area contributed by atoms with Gasteiger partial charge in [-0.15, -0.1) is 0 Å². The summed E-state index contributed by atoms with van der Waals surface area (Å²) in [5.41, 5.74) is 2.09. The zero-order valence-electron chi connectivity index (χ0n) is 18.2. The molecule has 0 radical (unpaired) electrons. The summed E-state index contributed by atoms with van der Waals surface area (Å²) in [7, 11) is 1.50. The van der Waals surface area contributed by atoms with Gasteiger partial charge in [-0.05, 0) is 51.5 Å². The Morgan fingerprint density at radius 1 is 1.00 bits per heavy atom. The second-order valence-corrected chi connectivity index (χ2v) is 10.2. The van der Waals surface area contributed by atoms with Crippen LogP contribution in [-0.2, 0) is 19.2 Å². The second-order valence-electron chi connectivity index (χ2n) is 9.35. The summed E-state index contributed by atoms with van der Waals surface area (Å²) in [6, 6.07) is 11.0. The largest absolute Gasteiger partial charge is 0.508 e. The molecule has 0 spiro atoms. The summed E-state index contributed by atoms with van der Waals surface area (Å²) in [5.74, 6) is -3.14. The number of benzene rings is 2. The second kappa shape index (κ2) is 7.34. The molecule has 170 valence electrons. The lowest BCUT2D eigenvalue weighted by molar-refractivity contribution is -0.138. The van der Waals surface area contributed by atoms with E-state index in [-0.39, 0.29) is 40.0 Å². The Morgan fingerprint density at radius 2 is 1.76 bits per heavy atom. The summed E-state index contributed by atoms with van der Waals surface area (Å²) in [4.78, 5) is 53.6. The number of Topliss-reactive ketones (excluding diaryl/α,β-unsaturated/α-hetero) is 1. The molecule has 1 fully saturated rings. The van der Waals surface area contributed by atoms with Crippen molar-refractivity contribution in [3.8, 4) is 5.75 Å². The highest BCUT2D eigenvalue weighted by Gasteiger charge is 2.55. The van der Waals surface area contributed by atoms with Gasteiger partial charge in [-0.3, -0.25) is 24.1 Å². The first-order valence-electron chi connectivity index (χ1n) is 11.2. The van der Waals surface area contributed by atoms with Crippen LogP contribution in [0, 0.1) is 17.8 Å². The number of fused-ring (bicyclic) bond motifs is 4. The Morgan fingerprint density at radius 3 is 2.56 bits per heavy atom. The topological polar surface area (TPSA) is 91.8 Å². The highest BCUT2D eigenvalue weighted by Crippen LogP contribution is 2.57. The van der Waals surface area contributed by atoms with E-state index in [2.05, 4.69) is 15.9 Å². The maximum absolute atomic E-state index is 13.3. The van der Waals surface area contributed by atoms with E-state index in [9.17, 15) is 24.3 Å². The van der Waals surface area contributed by atoms with Crippen molar-refractivity contribution in [2.24, 2.45) is 17.8 Å². The monoisotopic (exact) mass is 517 g/mol. The number of likely N-dealkylation sites (tertiary alicyclic amines) is 1. The molecule has 4 atom stereocenters. The van der Waals surface area contributed by atoms with Crippen LogP contribution in [-0.4, -0.2) is 40.4 Å². The molecule has 3 aliphatic carbocycles. The van der Waals surface area contributed by atoms with Crippen molar-refractivity contribution >= 4 is 50.1 Å². The molecule has 1 heterocycles. The molecule has 6 rings (SSSR count). The smallest absolute Gasteiger partial charge is 0.233 e. The number of halogens is 1. The molecule has 0 aromatic heterocycles. The fraction of sp³-hybridized carbons (Fsp3) is 0.259. The predicted molar refractivity (Wildman–Crippen MR) is 128 cm³/mol. The number of hydrogen-bond donors (Lipinski definition) is 1. The van der Waals surface area contributed by atoms with Gasteiger partial charge in [0.05, 0.1) is 16.3 Å². The molecule has 0 bridgehead atoms. The Hall–Kier alpha value is -3.32. The molecular formula is C27H20BrNO5. The number of phenols is 1. The van der Waals surface area contributed by atoms with Gasteiger partial charge in [0.15, 0.2) is 11.6 Å². The van der Waals surface area contributed by atoms with E-state index >= 15 is 0 Å². The summed E-state index contributed by atoms with van der Waals surface area (Å²) < 4.78 is 0.183.